The van der Waals surface area contributed by atoms with Gasteiger partial charge < -0.3 is 37.7 Å². The van der Waals surface area contributed by atoms with Crippen LogP contribution in [-0.4, -0.2) is 79.2 Å². The first kappa shape index (κ1) is 47.7. The van der Waals surface area contributed by atoms with Crippen LogP contribution < -0.4 is 0 Å². The summed E-state index contributed by atoms with van der Waals surface area (Å²) in [4.78, 5) is 0. The molecular formula is C53H56O11S2. The molecule has 0 N–H and O–H groups in total. The summed E-state index contributed by atoms with van der Waals surface area (Å²) in [5, 5.41) is -0.231. The molecule has 2 aliphatic heterocycles. The monoisotopic (exact) mass is 932 g/mol. The Morgan fingerprint density at radius 3 is 1.29 bits per heavy atom. The van der Waals surface area contributed by atoms with Crippen molar-refractivity contribution in [3.8, 4) is 0 Å². The minimum Gasteiger partial charge on any atom is -0.726 e. The van der Waals surface area contributed by atoms with E-state index in [0.29, 0.717) is 32.2 Å². The van der Waals surface area contributed by atoms with E-state index in [1.165, 1.54) is 0 Å². The summed E-state index contributed by atoms with van der Waals surface area (Å²) >= 11 is 0. The van der Waals surface area contributed by atoms with E-state index < -0.39 is 58.1 Å². The standard InChI is InChI=1S/C53H56O11S2/c54-66(55,56)64-50-47(63-53(62-36-45-29-17-6-18-30-45)52(61-35-44-27-15-5-16-28-44)51(50)60-34-43-25-13-4-14-26-43)39-65-38-46(58-32-41-21-9-2-10-22-41)49(59-33-42-23-11-3-12-24-42)48(65)37-57-31-40-19-7-1-8-20-40/h1-30,46-53H,31-39H2/t46-,47-,48-,49+,50-,51+,52-,53-,65?/m1/s1. The van der Waals surface area contributed by atoms with Gasteiger partial charge in [-0.2, -0.15) is 0 Å². The van der Waals surface area contributed by atoms with Gasteiger partial charge in [-0.1, -0.05) is 182 Å². The van der Waals surface area contributed by atoms with Gasteiger partial charge in [0.05, 0.1) is 46.2 Å². The van der Waals surface area contributed by atoms with Gasteiger partial charge in [-0.25, -0.2) is 8.42 Å². The maximum Gasteiger partial charge on any atom is 0.218 e. The number of ether oxygens (including phenoxy) is 7. The van der Waals surface area contributed by atoms with Crippen molar-refractivity contribution in [2.45, 2.75) is 87.8 Å². The van der Waals surface area contributed by atoms with Crippen molar-refractivity contribution in [3.63, 3.8) is 0 Å². The largest absolute Gasteiger partial charge is 0.726 e. The molecule has 0 bridgehead atoms. The molecule has 2 saturated heterocycles. The normalized spacial score (nSPS) is 24.3. The molecule has 9 atom stereocenters. The third-order valence-electron chi connectivity index (χ3n) is 11.6. The lowest BCUT2D eigenvalue weighted by molar-refractivity contribution is -0.311. The zero-order valence-electron chi connectivity index (χ0n) is 36.6. The fourth-order valence-corrected chi connectivity index (χ4v) is 11.7. The number of hydrogen-bond donors (Lipinski definition) is 0. The Balaban J connectivity index is 1.14. The second-order valence-corrected chi connectivity index (χ2v) is 19.7. The molecule has 1 unspecified atom stereocenters. The zero-order valence-corrected chi connectivity index (χ0v) is 38.2. The zero-order chi connectivity index (χ0) is 45.4. The van der Waals surface area contributed by atoms with E-state index in [1.54, 1.807) is 0 Å². The first-order valence-corrected chi connectivity index (χ1v) is 25.2. The van der Waals surface area contributed by atoms with Gasteiger partial charge in [0.25, 0.3) is 0 Å². The third kappa shape index (κ3) is 14.1. The van der Waals surface area contributed by atoms with E-state index in [0.717, 1.165) is 33.4 Å². The van der Waals surface area contributed by atoms with Crippen LogP contribution in [0.1, 0.15) is 33.4 Å². The average Bonchev–Trinajstić information content (AvgIpc) is 3.67. The van der Waals surface area contributed by atoms with Crippen LogP contribution in [0.15, 0.2) is 182 Å². The molecule has 8 rings (SSSR count). The quantitative estimate of drug-likeness (QED) is 0.0349. The van der Waals surface area contributed by atoms with Crippen LogP contribution in [0.4, 0.5) is 0 Å². The molecule has 2 aliphatic rings. The summed E-state index contributed by atoms with van der Waals surface area (Å²) in [7, 11) is -5.93. The van der Waals surface area contributed by atoms with Crippen molar-refractivity contribution in [1.82, 2.24) is 0 Å². The molecule has 13 heteroatoms. The SMILES string of the molecule is O=S(=O)([O-])O[C@H]1[C@H](OCc2ccccc2)[C@@H](OCc2ccccc2)[C@H](OCc2ccccc2)O[C@@H]1C[S+]1C[C@@H](OCc2ccccc2)[C@H](OCc2ccccc2)[C@H]1COCc1ccccc1. The highest BCUT2D eigenvalue weighted by molar-refractivity contribution is 7.97. The summed E-state index contributed by atoms with van der Waals surface area (Å²) in [6.07, 6.45) is -6.45. The minimum absolute atomic E-state index is 0.0695. The van der Waals surface area contributed by atoms with Gasteiger partial charge in [0, 0.05) is 10.9 Å². The number of hydrogen-bond acceptors (Lipinski definition) is 11. The highest BCUT2D eigenvalue weighted by atomic mass is 32.3. The van der Waals surface area contributed by atoms with E-state index in [9.17, 15) is 13.0 Å². The van der Waals surface area contributed by atoms with Crippen LogP contribution >= 0.6 is 0 Å². The van der Waals surface area contributed by atoms with Crippen molar-refractivity contribution >= 4 is 21.3 Å². The molecule has 0 spiro atoms. The lowest BCUT2D eigenvalue weighted by Crippen LogP contribution is -2.62. The minimum atomic E-state index is -5.31. The smallest absolute Gasteiger partial charge is 0.218 e. The van der Waals surface area contributed by atoms with Crippen molar-refractivity contribution in [2.75, 3.05) is 18.1 Å². The molecule has 2 heterocycles. The number of benzene rings is 6. The Morgan fingerprint density at radius 2 is 0.848 bits per heavy atom. The van der Waals surface area contributed by atoms with Crippen molar-refractivity contribution in [3.05, 3.63) is 215 Å². The highest BCUT2D eigenvalue weighted by Gasteiger charge is 2.57. The van der Waals surface area contributed by atoms with Gasteiger partial charge in [-0.3, -0.25) is 4.18 Å². The molecule has 6 aromatic carbocycles. The van der Waals surface area contributed by atoms with Gasteiger partial charge >= 0.3 is 0 Å². The van der Waals surface area contributed by atoms with Crippen LogP contribution in [0.5, 0.6) is 0 Å². The Bertz CT molecular complexity index is 2400. The summed E-state index contributed by atoms with van der Waals surface area (Å²) in [6.45, 7) is 1.74. The molecule has 0 aliphatic carbocycles. The number of rotatable bonds is 23. The molecule has 0 aromatic heterocycles. The van der Waals surface area contributed by atoms with Gasteiger partial charge in [0.1, 0.15) is 48.1 Å². The van der Waals surface area contributed by atoms with E-state index in [4.69, 9.17) is 37.3 Å². The summed E-state index contributed by atoms with van der Waals surface area (Å²) in [6, 6.07) is 58.7. The predicted octanol–water partition coefficient (Wildman–Crippen LogP) is 8.33. The van der Waals surface area contributed by atoms with Crippen LogP contribution in [0.25, 0.3) is 0 Å². The summed E-state index contributed by atoms with van der Waals surface area (Å²) in [5.74, 6) is 0.791. The topological polar surface area (TPSA) is 131 Å². The molecular weight excluding hydrogens is 877 g/mol. The first-order valence-electron chi connectivity index (χ1n) is 22.2. The highest BCUT2D eigenvalue weighted by Crippen LogP contribution is 2.37. The molecule has 0 amide bonds. The molecule has 0 saturated carbocycles. The maximum atomic E-state index is 12.8. The van der Waals surface area contributed by atoms with Crippen LogP contribution in [0.3, 0.4) is 0 Å². The summed E-state index contributed by atoms with van der Waals surface area (Å²) in [5.41, 5.74) is 5.65. The van der Waals surface area contributed by atoms with Crippen molar-refractivity contribution in [2.24, 2.45) is 0 Å². The Morgan fingerprint density at radius 1 is 0.470 bits per heavy atom. The fraction of sp³-hybridized carbons (Fsp3) is 0.321. The van der Waals surface area contributed by atoms with E-state index in [2.05, 4.69) is 0 Å². The predicted molar refractivity (Wildman–Crippen MR) is 252 cm³/mol. The molecule has 66 heavy (non-hydrogen) atoms. The van der Waals surface area contributed by atoms with Gasteiger partial charge in [0.15, 0.2) is 11.5 Å². The lowest BCUT2D eigenvalue weighted by Gasteiger charge is -2.45. The van der Waals surface area contributed by atoms with E-state index in [1.807, 2.05) is 182 Å². The molecule has 6 aromatic rings. The van der Waals surface area contributed by atoms with Gasteiger partial charge in [-0.05, 0) is 33.4 Å². The Kier molecular flexibility index (Phi) is 17.6. The molecule has 346 valence electrons. The maximum absolute atomic E-state index is 12.8. The fourth-order valence-electron chi connectivity index (χ4n) is 8.27. The van der Waals surface area contributed by atoms with Crippen molar-refractivity contribution < 1.29 is 50.3 Å². The lowest BCUT2D eigenvalue weighted by atomic mass is 9.99. The Hall–Kier alpha value is -4.74. The van der Waals surface area contributed by atoms with Crippen molar-refractivity contribution in [1.29, 1.82) is 0 Å². The average molecular weight is 933 g/mol. The van der Waals surface area contributed by atoms with E-state index >= 15 is 0 Å². The molecule has 11 nitrogen and oxygen atoms in total. The van der Waals surface area contributed by atoms with Gasteiger partial charge in [0.2, 0.25) is 10.4 Å². The summed E-state index contributed by atoms with van der Waals surface area (Å²) < 4.78 is 91.0. The van der Waals surface area contributed by atoms with Crippen LogP contribution in [-0.2, 0) is 98.3 Å². The first-order chi connectivity index (χ1) is 32.3. The second-order valence-electron chi connectivity index (χ2n) is 16.3. The van der Waals surface area contributed by atoms with Crippen LogP contribution in [0, 0.1) is 0 Å². The van der Waals surface area contributed by atoms with Crippen LogP contribution in [0.2, 0.25) is 0 Å². The van der Waals surface area contributed by atoms with E-state index in [-0.39, 0.29) is 36.9 Å². The Labute approximate surface area is 391 Å². The second kappa shape index (κ2) is 24.3. The molecule has 2 fully saturated rings. The van der Waals surface area contributed by atoms with Gasteiger partial charge in [-0.15, -0.1) is 0 Å². The third-order valence-corrected chi connectivity index (χ3v) is 14.8. The molecule has 0 radical (unpaired) electrons.